The summed E-state index contributed by atoms with van der Waals surface area (Å²) < 4.78 is 0. The zero-order valence-electron chi connectivity index (χ0n) is 30.4. The first kappa shape index (κ1) is 34.7. The quantitative estimate of drug-likeness (QED) is 0.305. The number of carbonyl (C=O) groups is 3. The van der Waals surface area contributed by atoms with Gasteiger partial charge in [0.05, 0.1) is 5.60 Å². The Hall–Kier alpha value is -4.41. The van der Waals surface area contributed by atoms with Crippen molar-refractivity contribution in [1.29, 1.82) is 0 Å². The molecule has 10 heteroatoms. The zero-order valence-corrected chi connectivity index (χ0v) is 30.4. The van der Waals surface area contributed by atoms with Gasteiger partial charge in [-0.1, -0.05) is 18.2 Å². The van der Waals surface area contributed by atoms with E-state index in [0.29, 0.717) is 30.2 Å². The van der Waals surface area contributed by atoms with Gasteiger partial charge in [0.1, 0.15) is 11.8 Å². The highest BCUT2D eigenvalue weighted by atomic mass is 16.3. The first-order valence-corrected chi connectivity index (χ1v) is 19.2. The van der Waals surface area contributed by atoms with Gasteiger partial charge in [-0.25, -0.2) is 0 Å². The second kappa shape index (κ2) is 13.9. The molecule has 3 N–H and O–H groups in total. The number of phenols is 1. The molecule has 0 saturated carbocycles. The highest BCUT2D eigenvalue weighted by Crippen LogP contribution is 2.46. The lowest BCUT2D eigenvalue weighted by Gasteiger charge is -2.41. The summed E-state index contributed by atoms with van der Waals surface area (Å²) in [4.78, 5) is 46.3. The van der Waals surface area contributed by atoms with Gasteiger partial charge in [-0.3, -0.25) is 24.6 Å². The molecule has 0 radical (unpaired) electrons. The number of nitrogens with one attached hydrogen (secondary N) is 1. The van der Waals surface area contributed by atoms with E-state index in [1.165, 1.54) is 35.2 Å². The molecular formula is C42H51N5O5. The van der Waals surface area contributed by atoms with Crippen LogP contribution in [0.2, 0.25) is 0 Å². The first-order chi connectivity index (χ1) is 25.0. The predicted molar refractivity (Wildman–Crippen MR) is 201 cm³/mol. The Morgan fingerprint density at radius 1 is 0.769 bits per heavy atom. The maximum atomic E-state index is 13.1. The smallest absolute Gasteiger partial charge is 0.255 e. The van der Waals surface area contributed by atoms with Crippen LogP contribution >= 0.6 is 0 Å². The summed E-state index contributed by atoms with van der Waals surface area (Å²) in [6.45, 7) is 11.4. The highest BCUT2D eigenvalue weighted by Gasteiger charge is 2.41. The molecule has 4 heterocycles. The molecule has 1 aliphatic carbocycles. The fourth-order valence-corrected chi connectivity index (χ4v) is 9.56. The summed E-state index contributed by atoms with van der Waals surface area (Å²) in [5.74, 6) is 0.397. The molecular weight excluding hydrogens is 654 g/mol. The molecule has 8 rings (SSSR count). The Balaban J connectivity index is 0.831. The number of aromatic hydroxyl groups is 1. The number of carbonyl (C=O) groups excluding carboxylic acids is 3. The van der Waals surface area contributed by atoms with Crippen molar-refractivity contribution >= 4 is 29.1 Å². The molecule has 3 atom stereocenters. The number of hydrogen-bond acceptors (Lipinski definition) is 8. The number of phenolic OH excluding ortho intramolecular Hbond substituents is 1. The van der Waals surface area contributed by atoms with E-state index in [4.69, 9.17) is 0 Å². The van der Waals surface area contributed by atoms with Crippen molar-refractivity contribution in [1.82, 2.24) is 15.1 Å². The molecule has 3 amide bonds. The molecule has 0 aromatic heterocycles. The average Bonchev–Trinajstić information content (AvgIpc) is 3.46. The van der Waals surface area contributed by atoms with E-state index in [1.807, 2.05) is 38.1 Å². The molecule has 3 fully saturated rings. The molecule has 5 aliphatic rings. The number of piperazine rings is 1. The van der Waals surface area contributed by atoms with Crippen LogP contribution in [-0.2, 0) is 22.6 Å². The van der Waals surface area contributed by atoms with Crippen LogP contribution in [0.5, 0.6) is 5.75 Å². The number of imide groups is 1. The number of nitrogens with zero attached hydrogens (tertiary/aromatic N) is 4. The number of fused-ring (bicyclic) bond motifs is 2. The van der Waals surface area contributed by atoms with Crippen molar-refractivity contribution < 1.29 is 24.6 Å². The van der Waals surface area contributed by atoms with Crippen molar-refractivity contribution in [3.63, 3.8) is 0 Å². The molecule has 3 aromatic carbocycles. The van der Waals surface area contributed by atoms with E-state index in [1.54, 1.807) is 11.0 Å². The van der Waals surface area contributed by atoms with Gasteiger partial charge >= 0.3 is 0 Å². The minimum absolute atomic E-state index is 0.0897. The summed E-state index contributed by atoms with van der Waals surface area (Å²) in [7, 11) is 0. The third-order valence-electron chi connectivity index (χ3n) is 12.5. The van der Waals surface area contributed by atoms with Gasteiger partial charge in [0.15, 0.2) is 0 Å². The summed E-state index contributed by atoms with van der Waals surface area (Å²) in [5, 5.41) is 23.6. The molecule has 10 nitrogen and oxygen atoms in total. The number of hydrogen-bond donors (Lipinski definition) is 3. The van der Waals surface area contributed by atoms with Crippen LogP contribution in [0.3, 0.4) is 0 Å². The molecule has 0 bridgehead atoms. The van der Waals surface area contributed by atoms with Gasteiger partial charge in [0, 0.05) is 81.6 Å². The number of aliphatic hydroxyl groups is 1. The number of aryl methyl sites for hydroxylation is 1. The number of amides is 3. The van der Waals surface area contributed by atoms with Gasteiger partial charge in [-0.15, -0.1) is 0 Å². The number of benzene rings is 3. The summed E-state index contributed by atoms with van der Waals surface area (Å²) in [5.41, 5.74) is 6.80. The number of rotatable bonds is 7. The normalized spacial score (nSPS) is 24.6. The minimum Gasteiger partial charge on any atom is -0.508 e. The molecule has 3 aromatic rings. The maximum Gasteiger partial charge on any atom is 0.255 e. The van der Waals surface area contributed by atoms with Crippen LogP contribution in [-0.4, -0.2) is 95.2 Å². The zero-order chi connectivity index (χ0) is 36.1. The molecule has 52 heavy (non-hydrogen) atoms. The molecule has 3 saturated heterocycles. The lowest BCUT2D eigenvalue weighted by atomic mass is 9.66. The predicted octanol–water partition coefficient (Wildman–Crippen LogP) is 4.66. The van der Waals surface area contributed by atoms with E-state index >= 15 is 0 Å². The number of piperidine rings is 2. The van der Waals surface area contributed by atoms with E-state index in [-0.39, 0.29) is 36.0 Å². The topological polar surface area (TPSA) is 117 Å². The fourth-order valence-electron chi connectivity index (χ4n) is 9.56. The van der Waals surface area contributed by atoms with Crippen LogP contribution < -0.4 is 15.1 Å². The second-order valence-corrected chi connectivity index (χ2v) is 16.2. The summed E-state index contributed by atoms with van der Waals surface area (Å²) in [6.07, 6.45) is 4.73. The second-order valence-electron chi connectivity index (χ2n) is 16.2. The molecule has 0 unspecified atom stereocenters. The first-order valence-electron chi connectivity index (χ1n) is 19.2. The maximum absolute atomic E-state index is 13.1. The van der Waals surface area contributed by atoms with E-state index in [9.17, 15) is 24.6 Å². The highest BCUT2D eigenvalue weighted by molar-refractivity contribution is 6.05. The van der Waals surface area contributed by atoms with Crippen LogP contribution in [0.15, 0.2) is 60.7 Å². The van der Waals surface area contributed by atoms with Crippen LogP contribution in [0.25, 0.3) is 0 Å². The van der Waals surface area contributed by atoms with E-state index < -0.39 is 11.6 Å². The van der Waals surface area contributed by atoms with Gasteiger partial charge in [0.25, 0.3) is 5.91 Å². The van der Waals surface area contributed by atoms with Gasteiger partial charge in [-0.05, 0) is 123 Å². The van der Waals surface area contributed by atoms with Crippen molar-refractivity contribution in [3.8, 4) is 5.75 Å². The Morgan fingerprint density at radius 2 is 1.48 bits per heavy atom. The molecule has 4 aliphatic heterocycles. The molecule has 274 valence electrons. The van der Waals surface area contributed by atoms with Crippen molar-refractivity contribution in [2.75, 3.05) is 55.6 Å². The lowest BCUT2D eigenvalue weighted by molar-refractivity contribution is -0.136. The standard InChI is InChI=1S/C42H51N5O5/c1-42(2,52)36-12-5-29-24-33(48)9-11-34(29)39(36)28-3-6-31(7-4-28)45-17-15-27(16-18-45)25-44-19-21-46(22-20-44)32-8-10-35-30(23-32)26-47(41(35)51)37-13-14-38(49)43-40(37)50/h3-4,6-11,23-24,27,36-37,39,48,52H,5,12-22,25-26H2,1-2H3,(H,43,49,50)/t36-,37+,39+/m1/s1. The monoisotopic (exact) mass is 705 g/mol. The Morgan fingerprint density at radius 3 is 2.19 bits per heavy atom. The van der Waals surface area contributed by atoms with Crippen molar-refractivity contribution in [2.45, 2.75) is 76.5 Å². The third-order valence-corrected chi connectivity index (χ3v) is 12.5. The fraction of sp³-hybridized carbons (Fsp3) is 0.500. The Kier molecular flexibility index (Phi) is 9.24. The average molecular weight is 706 g/mol. The van der Waals surface area contributed by atoms with Crippen LogP contribution in [0.4, 0.5) is 11.4 Å². The van der Waals surface area contributed by atoms with Gasteiger partial charge in [-0.2, -0.15) is 0 Å². The largest absolute Gasteiger partial charge is 0.508 e. The van der Waals surface area contributed by atoms with Crippen molar-refractivity contribution in [2.24, 2.45) is 11.8 Å². The SMILES string of the molecule is CC(C)(O)[C@@H]1CCc2cc(O)ccc2[C@@H]1c1ccc(N2CCC(CN3CCN(c4ccc5c(c4)CN([C@H]4CCC(=O)NC4=O)C5=O)CC3)CC2)cc1. The van der Waals surface area contributed by atoms with E-state index in [0.717, 1.165) is 69.9 Å². The summed E-state index contributed by atoms with van der Waals surface area (Å²) >= 11 is 0. The van der Waals surface area contributed by atoms with E-state index in [2.05, 4.69) is 50.3 Å². The minimum atomic E-state index is -0.805. The number of anilines is 2. The third kappa shape index (κ3) is 6.78. The van der Waals surface area contributed by atoms with Crippen molar-refractivity contribution in [3.05, 3.63) is 88.5 Å². The Labute approximate surface area is 306 Å². The lowest BCUT2D eigenvalue weighted by Crippen LogP contribution is -2.52. The van der Waals surface area contributed by atoms with Crippen LogP contribution in [0.1, 0.15) is 84.5 Å². The van der Waals surface area contributed by atoms with Gasteiger partial charge < -0.3 is 24.9 Å². The molecule has 0 spiro atoms. The Bertz CT molecular complexity index is 1840. The summed E-state index contributed by atoms with van der Waals surface area (Å²) in [6, 6.07) is 20.2. The van der Waals surface area contributed by atoms with Gasteiger partial charge in [0.2, 0.25) is 11.8 Å². The van der Waals surface area contributed by atoms with Crippen LogP contribution in [0, 0.1) is 11.8 Å².